The highest BCUT2D eigenvalue weighted by Gasteiger charge is 2.12. The molecule has 3 aromatic rings. The van der Waals surface area contributed by atoms with Gasteiger partial charge < -0.3 is 10.7 Å². The van der Waals surface area contributed by atoms with Gasteiger partial charge in [-0.3, -0.25) is 9.59 Å². The van der Waals surface area contributed by atoms with Crippen molar-refractivity contribution >= 4 is 16.8 Å². The number of nitrogens with zero attached hydrogens (tertiary/aromatic N) is 1. The standard InChI is InChI=1S/C15H11N3O2/c16-13(19)10-7-4-8-11-12(10)17-14(18-15(11)20)9-5-2-1-3-6-9/h1-8H,(H2,16,19)(H,17,18,20). The van der Waals surface area contributed by atoms with E-state index in [0.717, 1.165) is 5.56 Å². The Morgan fingerprint density at radius 1 is 1.05 bits per heavy atom. The Balaban J connectivity index is 2.36. The van der Waals surface area contributed by atoms with Gasteiger partial charge in [-0.1, -0.05) is 36.4 Å². The van der Waals surface area contributed by atoms with Gasteiger partial charge in [0.2, 0.25) is 0 Å². The van der Waals surface area contributed by atoms with Crippen molar-refractivity contribution < 1.29 is 4.79 Å². The summed E-state index contributed by atoms with van der Waals surface area (Å²) in [6.45, 7) is 0. The second-order valence-corrected chi connectivity index (χ2v) is 4.35. The lowest BCUT2D eigenvalue weighted by Gasteiger charge is -2.05. The summed E-state index contributed by atoms with van der Waals surface area (Å²) in [6.07, 6.45) is 0. The first-order chi connectivity index (χ1) is 9.66. The van der Waals surface area contributed by atoms with Crippen LogP contribution in [0.15, 0.2) is 53.3 Å². The Kier molecular flexibility index (Phi) is 2.80. The molecule has 5 nitrogen and oxygen atoms in total. The van der Waals surface area contributed by atoms with E-state index in [1.807, 2.05) is 30.3 Å². The van der Waals surface area contributed by atoms with E-state index in [-0.39, 0.29) is 11.1 Å². The molecule has 1 heterocycles. The van der Waals surface area contributed by atoms with E-state index >= 15 is 0 Å². The van der Waals surface area contributed by atoms with Crippen molar-refractivity contribution in [1.82, 2.24) is 9.97 Å². The summed E-state index contributed by atoms with van der Waals surface area (Å²) in [5.41, 5.74) is 6.37. The van der Waals surface area contributed by atoms with Gasteiger partial charge in [0.25, 0.3) is 11.5 Å². The number of hydrogen-bond acceptors (Lipinski definition) is 3. The van der Waals surface area contributed by atoms with E-state index in [4.69, 9.17) is 5.73 Å². The van der Waals surface area contributed by atoms with Gasteiger partial charge in [0, 0.05) is 5.56 Å². The second-order valence-electron chi connectivity index (χ2n) is 4.35. The first kappa shape index (κ1) is 12.1. The Morgan fingerprint density at radius 2 is 1.80 bits per heavy atom. The molecule has 0 fully saturated rings. The van der Waals surface area contributed by atoms with Gasteiger partial charge in [0.15, 0.2) is 0 Å². The number of H-pyrrole nitrogens is 1. The Bertz CT molecular complexity index is 854. The number of primary amides is 1. The van der Waals surface area contributed by atoms with Crippen molar-refractivity contribution in [3.05, 3.63) is 64.4 Å². The molecule has 0 unspecified atom stereocenters. The molecule has 0 aliphatic heterocycles. The lowest BCUT2D eigenvalue weighted by molar-refractivity contribution is 0.100. The largest absolute Gasteiger partial charge is 0.366 e. The number of fused-ring (bicyclic) bond motifs is 1. The molecule has 98 valence electrons. The minimum atomic E-state index is -0.604. The molecule has 0 atom stereocenters. The molecule has 1 aromatic heterocycles. The topological polar surface area (TPSA) is 88.8 Å². The van der Waals surface area contributed by atoms with Crippen LogP contribution < -0.4 is 11.3 Å². The van der Waals surface area contributed by atoms with Crippen LogP contribution in [0, 0.1) is 0 Å². The molecular formula is C15H11N3O2. The summed E-state index contributed by atoms with van der Waals surface area (Å²) in [5.74, 6) is -0.190. The van der Waals surface area contributed by atoms with Gasteiger partial charge >= 0.3 is 0 Å². The third kappa shape index (κ3) is 1.95. The first-order valence-electron chi connectivity index (χ1n) is 6.05. The zero-order valence-electron chi connectivity index (χ0n) is 10.5. The number of aromatic nitrogens is 2. The van der Waals surface area contributed by atoms with Gasteiger partial charge in [-0.2, -0.15) is 0 Å². The van der Waals surface area contributed by atoms with Crippen molar-refractivity contribution in [2.45, 2.75) is 0 Å². The summed E-state index contributed by atoms with van der Waals surface area (Å²) in [7, 11) is 0. The van der Waals surface area contributed by atoms with Crippen LogP contribution in [-0.4, -0.2) is 15.9 Å². The summed E-state index contributed by atoms with van der Waals surface area (Å²) < 4.78 is 0. The average Bonchev–Trinajstić information content (AvgIpc) is 2.47. The second kappa shape index (κ2) is 4.62. The highest BCUT2D eigenvalue weighted by Crippen LogP contribution is 2.18. The summed E-state index contributed by atoms with van der Waals surface area (Å²) in [5, 5.41) is 0.348. The van der Waals surface area contributed by atoms with Crippen LogP contribution in [0.3, 0.4) is 0 Å². The summed E-state index contributed by atoms with van der Waals surface area (Å²) in [6, 6.07) is 14.0. The van der Waals surface area contributed by atoms with Crippen LogP contribution in [0.2, 0.25) is 0 Å². The molecule has 0 aliphatic carbocycles. The van der Waals surface area contributed by atoms with E-state index in [1.54, 1.807) is 18.2 Å². The quantitative estimate of drug-likeness (QED) is 0.739. The maximum atomic E-state index is 12.1. The van der Waals surface area contributed by atoms with Crippen molar-refractivity contribution in [2.24, 2.45) is 5.73 Å². The fraction of sp³-hybridized carbons (Fsp3) is 0. The molecule has 0 spiro atoms. The molecule has 1 amide bonds. The van der Waals surface area contributed by atoms with Crippen LogP contribution >= 0.6 is 0 Å². The first-order valence-corrected chi connectivity index (χ1v) is 6.05. The zero-order valence-corrected chi connectivity index (χ0v) is 10.5. The summed E-state index contributed by atoms with van der Waals surface area (Å²) in [4.78, 5) is 30.6. The molecule has 0 saturated heterocycles. The van der Waals surface area contributed by atoms with Gasteiger partial charge in [-0.05, 0) is 12.1 Å². The van der Waals surface area contributed by atoms with Crippen LogP contribution in [0.5, 0.6) is 0 Å². The SMILES string of the molecule is NC(=O)c1cccc2c(=O)[nH]c(-c3ccccc3)nc12. The van der Waals surface area contributed by atoms with Crippen molar-refractivity contribution in [3.8, 4) is 11.4 Å². The highest BCUT2D eigenvalue weighted by atomic mass is 16.1. The van der Waals surface area contributed by atoms with Gasteiger partial charge in [0.1, 0.15) is 5.82 Å². The summed E-state index contributed by atoms with van der Waals surface area (Å²) >= 11 is 0. The molecule has 0 bridgehead atoms. The van der Waals surface area contributed by atoms with Gasteiger partial charge in [-0.15, -0.1) is 0 Å². The molecule has 0 aliphatic rings. The molecule has 20 heavy (non-hydrogen) atoms. The van der Waals surface area contributed by atoms with Crippen molar-refractivity contribution in [2.75, 3.05) is 0 Å². The van der Waals surface area contributed by atoms with Crippen LogP contribution in [0.1, 0.15) is 10.4 Å². The monoisotopic (exact) mass is 265 g/mol. The number of carbonyl (C=O) groups is 1. The minimum Gasteiger partial charge on any atom is -0.366 e. The number of carbonyl (C=O) groups excluding carboxylic acids is 1. The third-order valence-electron chi connectivity index (χ3n) is 3.05. The maximum absolute atomic E-state index is 12.1. The number of hydrogen-bond donors (Lipinski definition) is 2. The number of rotatable bonds is 2. The molecular weight excluding hydrogens is 254 g/mol. The number of aromatic amines is 1. The smallest absolute Gasteiger partial charge is 0.259 e. The molecule has 3 rings (SSSR count). The Morgan fingerprint density at radius 3 is 2.50 bits per heavy atom. The predicted molar refractivity (Wildman–Crippen MR) is 76.3 cm³/mol. The lowest BCUT2D eigenvalue weighted by atomic mass is 10.1. The molecule has 3 N–H and O–H groups in total. The van der Waals surface area contributed by atoms with Crippen LogP contribution in [-0.2, 0) is 0 Å². The average molecular weight is 265 g/mol. The highest BCUT2D eigenvalue weighted by molar-refractivity contribution is 6.04. The number of nitrogens with two attached hydrogens (primary N) is 1. The van der Waals surface area contributed by atoms with E-state index < -0.39 is 5.91 Å². The van der Waals surface area contributed by atoms with Crippen molar-refractivity contribution in [1.29, 1.82) is 0 Å². The van der Waals surface area contributed by atoms with Crippen molar-refractivity contribution in [3.63, 3.8) is 0 Å². The minimum absolute atomic E-state index is 0.241. The predicted octanol–water partition coefficient (Wildman–Crippen LogP) is 1.69. The molecule has 5 heteroatoms. The number of nitrogens with one attached hydrogen (secondary N) is 1. The van der Waals surface area contributed by atoms with E-state index in [2.05, 4.69) is 9.97 Å². The fourth-order valence-electron chi connectivity index (χ4n) is 2.09. The molecule has 0 saturated carbocycles. The number of para-hydroxylation sites is 1. The number of amides is 1. The number of benzene rings is 2. The van der Waals surface area contributed by atoms with E-state index in [0.29, 0.717) is 16.7 Å². The normalized spacial score (nSPS) is 10.6. The Labute approximate surface area is 114 Å². The van der Waals surface area contributed by atoms with E-state index in [9.17, 15) is 9.59 Å². The van der Waals surface area contributed by atoms with Gasteiger partial charge in [-0.25, -0.2) is 4.98 Å². The maximum Gasteiger partial charge on any atom is 0.259 e. The zero-order chi connectivity index (χ0) is 14.1. The molecule has 2 aromatic carbocycles. The Hall–Kier alpha value is -2.95. The third-order valence-corrected chi connectivity index (χ3v) is 3.05. The van der Waals surface area contributed by atoms with E-state index in [1.165, 1.54) is 0 Å². The van der Waals surface area contributed by atoms with Crippen LogP contribution in [0.4, 0.5) is 0 Å². The van der Waals surface area contributed by atoms with Gasteiger partial charge in [0.05, 0.1) is 16.5 Å². The molecule has 0 radical (unpaired) electrons. The van der Waals surface area contributed by atoms with Crippen LogP contribution in [0.25, 0.3) is 22.3 Å². The lowest BCUT2D eigenvalue weighted by Crippen LogP contribution is -2.16. The fourth-order valence-corrected chi connectivity index (χ4v) is 2.09.